The minimum absolute atomic E-state index is 0.180. The molecule has 1 aliphatic heterocycles. The first-order valence-corrected chi connectivity index (χ1v) is 8.57. The molecule has 0 saturated carbocycles. The van der Waals surface area contributed by atoms with Crippen LogP contribution in [0.2, 0.25) is 0 Å². The van der Waals surface area contributed by atoms with Crippen molar-refractivity contribution in [2.24, 2.45) is 0 Å². The van der Waals surface area contributed by atoms with Gasteiger partial charge in [-0.1, -0.05) is 0 Å². The number of fused-ring (bicyclic) bond motifs is 3. The molecule has 0 aliphatic carbocycles. The maximum absolute atomic E-state index is 13.8. The Morgan fingerprint density at radius 1 is 1.11 bits per heavy atom. The number of rotatable bonds is 2. The van der Waals surface area contributed by atoms with Gasteiger partial charge in [-0.25, -0.2) is 19.3 Å². The van der Waals surface area contributed by atoms with E-state index in [4.69, 9.17) is 9.15 Å². The molecular weight excluding hydrogens is 351 g/mol. The summed E-state index contributed by atoms with van der Waals surface area (Å²) in [5.74, 6) is 0.186. The number of halogens is 1. The Bertz CT molecular complexity index is 1130. The number of furan rings is 1. The van der Waals surface area contributed by atoms with Crippen LogP contribution in [0.25, 0.3) is 33.6 Å². The lowest BCUT2D eigenvalue weighted by Crippen LogP contribution is -2.37. The molecule has 8 heteroatoms. The summed E-state index contributed by atoms with van der Waals surface area (Å²) in [5.41, 5.74) is 2.00. The first-order valence-electron chi connectivity index (χ1n) is 8.57. The number of ether oxygens (including phenoxy) is 1. The second-order valence-electron chi connectivity index (χ2n) is 6.30. The van der Waals surface area contributed by atoms with E-state index in [0.717, 1.165) is 11.5 Å². The molecule has 0 amide bonds. The number of aromatic nitrogens is 3. The predicted molar refractivity (Wildman–Crippen MR) is 97.2 cm³/mol. The van der Waals surface area contributed by atoms with Crippen LogP contribution in [0.3, 0.4) is 0 Å². The predicted octanol–water partition coefficient (Wildman–Crippen LogP) is 3.12. The highest BCUT2D eigenvalue weighted by molar-refractivity contribution is 6.05. The van der Waals surface area contributed by atoms with Crippen LogP contribution in [-0.2, 0) is 4.74 Å². The van der Waals surface area contributed by atoms with Crippen molar-refractivity contribution >= 4 is 28.0 Å². The highest BCUT2D eigenvalue weighted by Crippen LogP contribution is 2.35. The maximum atomic E-state index is 13.8. The van der Waals surface area contributed by atoms with Gasteiger partial charge in [0.2, 0.25) is 5.71 Å². The molecule has 0 atom stereocenters. The van der Waals surface area contributed by atoms with Crippen LogP contribution in [0.4, 0.5) is 10.2 Å². The molecule has 1 fully saturated rings. The van der Waals surface area contributed by atoms with Crippen molar-refractivity contribution in [2.75, 3.05) is 31.2 Å². The fourth-order valence-electron chi connectivity index (χ4n) is 3.29. The topological polar surface area (TPSA) is 84.5 Å². The minimum Gasteiger partial charge on any atom is -0.508 e. The molecule has 5 rings (SSSR count). The number of nitrogens with zero attached hydrogens (tertiary/aromatic N) is 4. The normalized spacial score (nSPS) is 14.9. The fourth-order valence-corrected chi connectivity index (χ4v) is 3.29. The van der Waals surface area contributed by atoms with E-state index >= 15 is 0 Å². The van der Waals surface area contributed by atoms with E-state index < -0.39 is 5.82 Å². The van der Waals surface area contributed by atoms with Crippen molar-refractivity contribution in [2.45, 2.75) is 0 Å². The summed E-state index contributed by atoms with van der Waals surface area (Å²) in [7, 11) is 0. The first-order chi connectivity index (χ1) is 13.2. The van der Waals surface area contributed by atoms with Gasteiger partial charge in [-0.2, -0.15) is 0 Å². The van der Waals surface area contributed by atoms with E-state index in [1.54, 1.807) is 6.20 Å². The van der Waals surface area contributed by atoms with Crippen LogP contribution < -0.4 is 4.90 Å². The third-order valence-corrected chi connectivity index (χ3v) is 4.52. The lowest BCUT2D eigenvalue weighted by atomic mass is 10.2. The van der Waals surface area contributed by atoms with Crippen molar-refractivity contribution < 1.29 is 18.7 Å². The van der Waals surface area contributed by atoms with Crippen molar-refractivity contribution in [1.29, 1.82) is 0 Å². The summed E-state index contributed by atoms with van der Waals surface area (Å²) in [4.78, 5) is 15.5. The molecule has 1 saturated heterocycles. The van der Waals surface area contributed by atoms with E-state index in [9.17, 15) is 9.50 Å². The molecule has 0 spiro atoms. The summed E-state index contributed by atoms with van der Waals surface area (Å²) < 4.78 is 25.2. The third kappa shape index (κ3) is 2.74. The van der Waals surface area contributed by atoms with Gasteiger partial charge in [-0.3, -0.25) is 0 Å². The number of benzene rings is 1. The van der Waals surface area contributed by atoms with Crippen LogP contribution in [0.1, 0.15) is 0 Å². The number of morpholine rings is 1. The Morgan fingerprint density at radius 3 is 2.78 bits per heavy atom. The zero-order chi connectivity index (χ0) is 18.4. The third-order valence-electron chi connectivity index (χ3n) is 4.52. The summed E-state index contributed by atoms with van der Waals surface area (Å²) in [5, 5.41) is 10.5. The standard InChI is InChI=1S/C19H15FN4O3/c20-12-8-11(9-13(25)10-12)17-22-15-14-2-1-3-21-19(14)27-16(15)18(23-17)24-4-6-26-7-5-24/h1-3,8-10,25H,4-7H2. The van der Waals surface area contributed by atoms with Gasteiger partial charge in [0, 0.05) is 30.9 Å². The molecule has 4 aromatic rings. The van der Waals surface area contributed by atoms with Crippen LogP contribution >= 0.6 is 0 Å². The van der Waals surface area contributed by atoms with Gasteiger partial charge in [0.05, 0.1) is 18.6 Å². The molecule has 1 N–H and O–H groups in total. The molecule has 27 heavy (non-hydrogen) atoms. The lowest BCUT2D eigenvalue weighted by molar-refractivity contribution is 0.122. The number of phenolic OH excluding ortho intramolecular Hbond substituents is 1. The molecule has 136 valence electrons. The van der Waals surface area contributed by atoms with Crippen molar-refractivity contribution in [3.05, 3.63) is 42.3 Å². The highest BCUT2D eigenvalue weighted by atomic mass is 19.1. The number of anilines is 1. The van der Waals surface area contributed by atoms with Crippen LogP contribution in [-0.4, -0.2) is 46.4 Å². The average molecular weight is 366 g/mol. The summed E-state index contributed by atoms with van der Waals surface area (Å²) in [6, 6.07) is 7.46. The Hall–Kier alpha value is -3.26. The zero-order valence-electron chi connectivity index (χ0n) is 14.2. The van der Waals surface area contributed by atoms with E-state index in [2.05, 4.69) is 19.9 Å². The van der Waals surface area contributed by atoms with E-state index in [1.807, 2.05) is 12.1 Å². The van der Waals surface area contributed by atoms with Crippen molar-refractivity contribution in [3.8, 4) is 17.1 Å². The number of hydrogen-bond donors (Lipinski definition) is 1. The van der Waals surface area contributed by atoms with Gasteiger partial charge in [-0.15, -0.1) is 0 Å². The zero-order valence-corrected chi connectivity index (χ0v) is 14.2. The van der Waals surface area contributed by atoms with Crippen molar-refractivity contribution in [3.63, 3.8) is 0 Å². The van der Waals surface area contributed by atoms with Gasteiger partial charge in [0.15, 0.2) is 17.2 Å². The largest absolute Gasteiger partial charge is 0.508 e. The molecule has 3 aromatic heterocycles. The van der Waals surface area contributed by atoms with Gasteiger partial charge in [0.25, 0.3) is 0 Å². The van der Waals surface area contributed by atoms with E-state index in [1.165, 1.54) is 12.1 Å². The van der Waals surface area contributed by atoms with Crippen molar-refractivity contribution in [1.82, 2.24) is 15.0 Å². The number of phenols is 1. The van der Waals surface area contributed by atoms with Gasteiger partial charge in [0.1, 0.15) is 17.1 Å². The molecule has 7 nitrogen and oxygen atoms in total. The van der Waals surface area contributed by atoms with E-state index in [0.29, 0.717) is 60.3 Å². The quantitative estimate of drug-likeness (QED) is 0.583. The monoisotopic (exact) mass is 366 g/mol. The van der Waals surface area contributed by atoms with Gasteiger partial charge < -0.3 is 19.2 Å². The van der Waals surface area contributed by atoms with Crippen LogP contribution in [0.15, 0.2) is 40.9 Å². The average Bonchev–Trinajstić information content (AvgIpc) is 3.06. The molecule has 4 heterocycles. The smallest absolute Gasteiger partial charge is 0.229 e. The molecule has 0 unspecified atom stereocenters. The van der Waals surface area contributed by atoms with Gasteiger partial charge >= 0.3 is 0 Å². The second kappa shape index (κ2) is 6.17. The maximum Gasteiger partial charge on any atom is 0.229 e. The summed E-state index contributed by atoms with van der Waals surface area (Å²) in [6.07, 6.45) is 1.65. The van der Waals surface area contributed by atoms with Gasteiger partial charge in [-0.05, 0) is 24.3 Å². The van der Waals surface area contributed by atoms with Crippen LogP contribution in [0.5, 0.6) is 5.75 Å². The first kappa shape index (κ1) is 16.0. The molecule has 0 bridgehead atoms. The number of hydrogen-bond acceptors (Lipinski definition) is 7. The molecular formula is C19H15FN4O3. The lowest BCUT2D eigenvalue weighted by Gasteiger charge is -2.27. The Balaban J connectivity index is 1.79. The number of pyridine rings is 1. The Morgan fingerprint density at radius 2 is 1.96 bits per heavy atom. The highest BCUT2D eigenvalue weighted by Gasteiger charge is 2.23. The molecule has 1 aliphatic rings. The Kier molecular flexibility index (Phi) is 3.64. The minimum atomic E-state index is -0.555. The second-order valence-corrected chi connectivity index (χ2v) is 6.30. The summed E-state index contributed by atoms with van der Waals surface area (Å²) in [6.45, 7) is 2.48. The van der Waals surface area contributed by atoms with Crippen LogP contribution in [0, 0.1) is 5.82 Å². The Labute approximate surface area is 153 Å². The van der Waals surface area contributed by atoms with E-state index in [-0.39, 0.29) is 5.75 Å². The SMILES string of the molecule is Oc1cc(F)cc(-c2nc(N3CCOCC3)c3oc4ncccc4c3n2)c1. The molecule has 0 radical (unpaired) electrons. The number of aromatic hydroxyl groups is 1. The molecule has 1 aromatic carbocycles. The fraction of sp³-hybridized carbons (Fsp3) is 0.211. The summed E-state index contributed by atoms with van der Waals surface area (Å²) >= 11 is 0.